The van der Waals surface area contributed by atoms with Gasteiger partial charge in [-0.25, -0.2) is 0 Å². The molecule has 13 rings (SSSR count). The molecule has 3 aliphatic rings. The molecule has 0 aliphatic heterocycles. The van der Waals surface area contributed by atoms with Crippen LogP contribution in [0.25, 0.3) is 49.4 Å². The van der Waals surface area contributed by atoms with Crippen LogP contribution in [0.15, 0.2) is 169 Å². The van der Waals surface area contributed by atoms with Crippen LogP contribution in [0.1, 0.15) is 91.6 Å². The molecule has 23 heteroatoms. The van der Waals surface area contributed by atoms with E-state index in [1.54, 1.807) is 0 Å². The van der Waals surface area contributed by atoms with Gasteiger partial charge >= 0.3 is 36.8 Å². The number of nitrogens with zero attached hydrogens (tertiary/aromatic N) is 9. The predicted octanol–water partition coefficient (Wildman–Crippen LogP) is 11.8. The third-order valence-electron chi connectivity index (χ3n) is 13.9. The zero-order valence-corrected chi connectivity index (χ0v) is 51.5. The molecule has 3 heterocycles. The molecule has 3 aromatic heterocycles. The molecule has 3 aliphatic carbocycles. The van der Waals surface area contributed by atoms with Crippen LogP contribution >= 0.6 is 83.1 Å². The van der Waals surface area contributed by atoms with Gasteiger partial charge in [-0.3, -0.25) is 28.1 Å². The van der Waals surface area contributed by atoms with Crippen molar-refractivity contribution in [2.24, 2.45) is 0 Å². The second-order valence-electron chi connectivity index (χ2n) is 19.4. The standard InChI is InChI=1S/C25H22BrN3O2S.2C17H14BrN3O2S.Li.H2O/c1-16(17-7-3-2-4-8-17)31-23(30)15-32-25-28-27-24(26)29(25)22-14-13-19(18-11-12-18)20-9-5-6-10-21(20)22;2*18-16-19-20-17(24-9-15(22)23)21(16)14-8-7-11(10-5-6-10)12-3-1-2-4-13(12)14;;/h2-10,13-14,16,18H,11-12,15H2,1H3;2*1-4,7-8,10H,5-6,9H2,(H,22,23);;1H2/q;;;+1;/p-1/t16-;;;;/m1..../s1. The summed E-state index contributed by atoms with van der Waals surface area (Å²) < 4.78 is 13.0. The summed E-state index contributed by atoms with van der Waals surface area (Å²) in [5.41, 5.74) is 8.06. The van der Waals surface area contributed by atoms with Crippen molar-refractivity contribution in [1.29, 1.82) is 0 Å². The smallest absolute Gasteiger partial charge is 0.870 e. The summed E-state index contributed by atoms with van der Waals surface area (Å²) in [6.45, 7) is 1.88. The van der Waals surface area contributed by atoms with E-state index in [9.17, 15) is 14.4 Å². The zero-order chi connectivity index (χ0) is 55.4. The van der Waals surface area contributed by atoms with Gasteiger partial charge in [-0.05, 0) is 168 Å². The molecule has 0 bridgehead atoms. The van der Waals surface area contributed by atoms with E-state index in [1.807, 2.05) is 63.1 Å². The molecular formula is C59H51Br3LiN9O7S3. The molecule has 7 aromatic carbocycles. The Bertz CT molecular complexity index is 3800. The van der Waals surface area contributed by atoms with Gasteiger partial charge in [0.15, 0.2) is 15.5 Å². The van der Waals surface area contributed by atoms with Crippen LogP contribution in [-0.4, -0.2) is 95.1 Å². The first-order valence-electron chi connectivity index (χ1n) is 25.9. The van der Waals surface area contributed by atoms with Crippen molar-refractivity contribution in [2.75, 3.05) is 17.3 Å². The van der Waals surface area contributed by atoms with Crippen molar-refractivity contribution in [3.8, 4) is 17.1 Å². The van der Waals surface area contributed by atoms with Crippen LogP contribution in [0, 0.1) is 0 Å². The van der Waals surface area contributed by atoms with Crippen LogP contribution in [0.5, 0.6) is 0 Å². The van der Waals surface area contributed by atoms with Crippen LogP contribution in [0.4, 0.5) is 0 Å². The molecule has 3 saturated carbocycles. The SMILES string of the molecule is C[C@@H](OC(=O)CSc1nnc(Br)n1-c1ccc(C2CC2)c2ccccc12)c1ccccc1.O=C(O)CSc1nnc(Br)n1-c1ccc(C2CC2)c2ccccc12.O=C(O)CSc1nnc(Br)n1-c1ccc(C2CC2)c2ccccc12.[Li+].[OH-]. The maximum atomic E-state index is 12.5. The second-order valence-corrected chi connectivity index (χ2v) is 24.4. The number of carbonyl (C=O) groups excluding carboxylic acids is 1. The van der Waals surface area contributed by atoms with Crippen LogP contribution in [0.3, 0.4) is 0 Å². The number of esters is 1. The van der Waals surface area contributed by atoms with Crippen molar-refractivity contribution < 1.29 is 53.7 Å². The van der Waals surface area contributed by atoms with E-state index in [2.05, 4.69) is 175 Å². The minimum absolute atomic E-state index is 0. The molecule has 82 heavy (non-hydrogen) atoms. The Hall–Kier alpha value is -5.80. The van der Waals surface area contributed by atoms with Gasteiger partial charge < -0.3 is 20.4 Å². The number of carboxylic acid groups (broad SMARTS) is 2. The largest absolute Gasteiger partial charge is 1.00 e. The fourth-order valence-corrected chi connectivity index (χ4v) is 13.5. The van der Waals surface area contributed by atoms with Crippen molar-refractivity contribution in [2.45, 2.75) is 84.8 Å². The minimum atomic E-state index is -0.875. The molecule has 414 valence electrons. The second kappa shape index (κ2) is 27.3. The molecule has 0 radical (unpaired) electrons. The average Bonchev–Trinajstić information content (AvgIpc) is 4.59. The summed E-state index contributed by atoms with van der Waals surface area (Å²) >= 11 is 14.1. The van der Waals surface area contributed by atoms with Crippen molar-refractivity contribution in [1.82, 2.24) is 44.3 Å². The van der Waals surface area contributed by atoms with Crippen LogP contribution in [-0.2, 0) is 19.1 Å². The first kappa shape index (κ1) is 60.8. The fraction of sp³-hybridized carbons (Fsp3) is 0.237. The number of carbonyl (C=O) groups is 3. The Balaban J connectivity index is 0.000000149. The molecule has 10 aromatic rings. The first-order chi connectivity index (χ1) is 38.9. The molecular weight excluding hydrogens is 1290 g/mol. The molecule has 0 amide bonds. The van der Waals surface area contributed by atoms with E-state index in [0.29, 0.717) is 47.4 Å². The third kappa shape index (κ3) is 13.9. The summed E-state index contributed by atoms with van der Waals surface area (Å²) in [5, 5.41) is 51.6. The maximum Gasteiger partial charge on any atom is 1.00 e. The fourth-order valence-electron chi connectivity index (χ4n) is 9.80. The molecule has 3 N–H and O–H groups in total. The normalized spacial score (nSPS) is 14.0. The van der Waals surface area contributed by atoms with E-state index in [4.69, 9.17) is 14.9 Å². The molecule has 3 fully saturated rings. The summed E-state index contributed by atoms with van der Waals surface area (Å²) in [6.07, 6.45) is 7.21. The van der Waals surface area contributed by atoms with Crippen molar-refractivity contribution >= 4 is 133 Å². The topological polar surface area (TPSA) is 223 Å². The van der Waals surface area contributed by atoms with E-state index in [1.165, 1.54) is 83.1 Å². The van der Waals surface area contributed by atoms with Crippen molar-refractivity contribution in [3.63, 3.8) is 0 Å². The summed E-state index contributed by atoms with van der Waals surface area (Å²) in [7, 11) is 0. The van der Waals surface area contributed by atoms with Gasteiger partial charge in [-0.1, -0.05) is 157 Å². The monoisotopic (exact) mass is 1340 g/mol. The molecule has 16 nitrogen and oxygen atoms in total. The van der Waals surface area contributed by atoms with E-state index < -0.39 is 11.9 Å². The van der Waals surface area contributed by atoms with Gasteiger partial charge in [0.05, 0.1) is 34.3 Å². The Kier molecular flexibility index (Phi) is 20.2. The number of carboxylic acids is 2. The summed E-state index contributed by atoms with van der Waals surface area (Å²) in [6, 6.07) is 47.6. The number of benzene rings is 7. The number of hydrogen-bond acceptors (Lipinski definition) is 14. The van der Waals surface area contributed by atoms with Crippen LogP contribution < -0.4 is 18.9 Å². The Morgan fingerprint density at radius 2 is 0.780 bits per heavy atom. The first-order valence-corrected chi connectivity index (χ1v) is 31.2. The average molecular weight is 1340 g/mol. The van der Waals surface area contributed by atoms with Gasteiger partial charge in [-0.2, -0.15) is 0 Å². The van der Waals surface area contributed by atoms with E-state index in [0.717, 1.165) is 62.3 Å². The van der Waals surface area contributed by atoms with E-state index in [-0.39, 0.29) is 53.7 Å². The minimum Gasteiger partial charge on any atom is -0.870 e. The number of thioether (sulfide) groups is 3. The number of aliphatic carboxylic acids is 2. The molecule has 0 spiro atoms. The number of fused-ring (bicyclic) bond motifs is 3. The maximum absolute atomic E-state index is 12.5. The molecule has 0 saturated heterocycles. The zero-order valence-electron chi connectivity index (χ0n) is 44.3. The number of halogens is 3. The Labute approximate surface area is 521 Å². The van der Waals surface area contributed by atoms with Gasteiger partial charge in [0.1, 0.15) is 6.10 Å². The third-order valence-corrected chi connectivity index (χ3v) is 18.2. The summed E-state index contributed by atoms with van der Waals surface area (Å²) in [4.78, 5) is 34.2. The number of aromatic nitrogens is 9. The van der Waals surface area contributed by atoms with E-state index >= 15 is 0 Å². The van der Waals surface area contributed by atoms with Crippen molar-refractivity contribution in [3.05, 3.63) is 176 Å². The van der Waals surface area contributed by atoms with Gasteiger partial charge in [0.2, 0.25) is 14.2 Å². The quantitative estimate of drug-likeness (QED) is 0.0491. The molecule has 0 unspecified atom stereocenters. The molecule has 1 atom stereocenters. The van der Waals surface area contributed by atoms with Crippen LogP contribution in [0.2, 0.25) is 0 Å². The predicted molar refractivity (Wildman–Crippen MR) is 326 cm³/mol. The Morgan fingerprint density at radius 1 is 0.476 bits per heavy atom. The van der Waals surface area contributed by atoms with Gasteiger partial charge in [-0.15, -0.1) is 30.6 Å². The number of hydrogen-bond donors (Lipinski definition) is 2. The van der Waals surface area contributed by atoms with Gasteiger partial charge in [0, 0.05) is 16.2 Å². The van der Waals surface area contributed by atoms with Gasteiger partial charge in [0.25, 0.3) is 0 Å². The number of ether oxygens (including phenoxy) is 1. The summed E-state index contributed by atoms with van der Waals surface area (Å²) in [5.74, 6) is -0.00522. The Morgan fingerprint density at radius 3 is 1.10 bits per heavy atom. The number of rotatable bonds is 17.